The van der Waals surface area contributed by atoms with Crippen molar-refractivity contribution in [1.29, 1.82) is 0 Å². The Balaban J connectivity index is 2.40. The molecule has 0 saturated carbocycles. The number of carbonyl (C=O) groups excluding carboxylic acids is 2. The van der Waals surface area contributed by atoms with Crippen molar-refractivity contribution < 1.29 is 22.7 Å². The fourth-order valence-electron chi connectivity index (χ4n) is 2.15. The molecule has 6 nitrogen and oxygen atoms in total. The average Bonchev–Trinajstić information content (AvgIpc) is 2.53. The summed E-state index contributed by atoms with van der Waals surface area (Å²) >= 11 is 0. The molecule has 0 atom stereocenters. The van der Waals surface area contributed by atoms with Crippen molar-refractivity contribution in [2.24, 2.45) is 0 Å². The number of nitrogens with one attached hydrogen (secondary N) is 1. The summed E-state index contributed by atoms with van der Waals surface area (Å²) in [5.41, 5.74) is 1.34. The number of benzene rings is 2. The Morgan fingerprint density at radius 2 is 1.71 bits per heavy atom. The molecule has 0 bridgehead atoms. The van der Waals surface area contributed by atoms with Crippen LogP contribution in [0.3, 0.4) is 0 Å². The normalized spacial score (nSPS) is 11.0. The predicted octanol–water partition coefficient (Wildman–Crippen LogP) is 2.44. The maximum Gasteiger partial charge on any atom is 0.339 e. The van der Waals surface area contributed by atoms with Crippen LogP contribution in [0, 0.1) is 6.92 Å². The van der Waals surface area contributed by atoms with E-state index in [1.54, 1.807) is 31.2 Å². The Hall–Kier alpha value is -2.67. The van der Waals surface area contributed by atoms with Gasteiger partial charge in [0.15, 0.2) is 9.84 Å². The molecule has 2 aromatic carbocycles. The van der Waals surface area contributed by atoms with Crippen LogP contribution in [-0.4, -0.2) is 33.7 Å². The van der Waals surface area contributed by atoms with Crippen molar-refractivity contribution in [3.05, 3.63) is 59.2 Å². The third-order valence-corrected chi connectivity index (χ3v) is 4.57. The van der Waals surface area contributed by atoms with Gasteiger partial charge in [0.25, 0.3) is 5.91 Å². The summed E-state index contributed by atoms with van der Waals surface area (Å²) in [7, 11) is -2.18. The summed E-state index contributed by atoms with van der Waals surface area (Å²) in [6, 6.07) is 10.8. The Labute approximate surface area is 140 Å². The van der Waals surface area contributed by atoms with Crippen LogP contribution in [0.5, 0.6) is 0 Å². The van der Waals surface area contributed by atoms with Gasteiger partial charge in [-0.3, -0.25) is 4.79 Å². The summed E-state index contributed by atoms with van der Waals surface area (Å²) in [6.07, 6.45) is 1.08. The highest BCUT2D eigenvalue weighted by Crippen LogP contribution is 2.20. The van der Waals surface area contributed by atoms with E-state index in [0.29, 0.717) is 11.3 Å². The van der Waals surface area contributed by atoms with Crippen LogP contribution >= 0.6 is 0 Å². The molecule has 0 aliphatic heterocycles. The van der Waals surface area contributed by atoms with Crippen LogP contribution < -0.4 is 5.32 Å². The minimum Gasteiger partial charge on any atom is -0.465 e. The number of esters is 1. The highest BCUT2D eigenvalue weighted by Gasteiger charge is 2.17. The lowest BCUT2D eigenvalue weighted by molar-refractivity contribution is 0.0602. The van der Waals surface area contributed by atoms with E-state index in [2.05, 4.69) is 10.1 Å². The zero-order valence-corrected chi connectivity index (χ0v) is 14.3. The number of sulfone groups is 1. The van der Waals surface area contributed by atoms with Crippen LogP contribution in [0.2, 0.25) is 0 Å². The maximum absolute atomic E-state index is 12.5. The van der Waals surface area contributed by atoms with Crippen LogP contribution in [0.15, 0.2) is 47.4 Å². The molecule has 0 fully saturated rings. The molecule has 0 aliphatic rings. The summed E-state index contributed by atoms with van der Waals surface area (Å²) in [5, 5.41) is 2.63. The zero-order valence-electron chi connectivity index (χ0n) is 13.5. The number of para-hydroxylation sites is 1. The molecular weight excluding hydrogens is 330 g/mol. The van der Waals surface area contributed by atoms with E-state index in [9.17, 15) is 18.0 Å². The van der Waals surface area contributed by atoms with Gasteiger partial charge in [0, 0.05) is 11.8 Å². The first-order valence-electron chi connectivity index (χ1n) is 7.03. The minimum absolute atomic E-state index is 0.0551. The standard InChI is InChI=1S/C17H17NO5S/c1-11-8-9-12(24(3,21)22)10-14(11)16(19)18-15-7-5-4-6-13(15)17(20)23-2/h4-10H,1-3H3,(H,18,19). The molecule has 0 saturated heterocycles. The van der Waals surface area contributed by atoms with Crippen molar-refractivity contribution in [3.63, 3.8) is 0 Å². The summed E-state index contributed by atoms with van der Waals surface area (Å²) in [4.78, 5) is 24.3. The second-order valence-electron chi connectivity index (χ2n) is 5.24. The van der Waals surface area contributed by atoms with Gasteiger partial charge in [0.2, 0.25) is 0 Å². The molecule has 126 valence electrons. The quantitative estimate of drug-likeness (QED) is 0.858. The Morgan fingerprint density at radius 3 is 2.33 bits per heavy atom. The number of hydrogen-bond acceptors (Lipinski definition) is 5. The van der Waals surface area contributed by atoms with Gasteiger partial charge in [-0.25, -0.2) is 13.2 Å². The van der Waals surface area contributed by atoms with E-state index >= 15 is 0 Å². The number of carbonyl (C=O) groups is 2. The van der Waals surface area contributed by atoms with Crippen molar-refractivity contribution >= 4 is 27.4 Å². The lowest BCUT2D eigenvalue weighted by Crippen LogP contribution is -2.17. The molecule has 2 aromatic rings. The third kappa shape index (κ3) is 3.80. The van der Waals surface area contributed by atoms with E-state index in [1.165, 1.54) is 25.3 Å². The second-order valence-corrected chi connectivity index (χ2v) is 7.26. The molecule has 0 heterocycles. The lowest BCUT2D eigenvalue weighted by Gasteiger charge is -2.12. The van der Waals surface area contributed by atoms with Gasteiger partial charge >= 0.3 is 5.97 Å². The van der Waals surface area contributed by atoms with Gasteiger partial charge < -0.3 is 10.1 Å². The number of anilines is 1. The molecular formula is C17H17NO5S. The monoisotopic (exact) mass is 347 g/mol. The average molecular weight is 347 g/mol. The molecule has 0 spiro atoms. The summed E-state index contributed by atoms with van der Waals surface area (Å²) in [5.74, 6) is -1.08. The van der Waals surface area contributed by atoms with Crippen LogP contribution in [0.25, 0.3) is 0 Å². The third-order valence-electron chi connectivity index (χ3n) is 3.46. The number of hydrogen-bond donors (Lipinski definition) is 1. The number of amides is 1. The molecule has 0 radical (unpaired) electrons. The van der Waals surface area contributed by atoms with Crippen molar-refractivity contribution in [2.75, 3.05) is 18.7 Å². The SMILES string of the molecule is COC(=O)c1ccccc1NC(=O)c1cc(S(C)(=O)=O)ccc1C. The Kier molecular flexibility index (Phi) is 5.04. The number of ether oxygens (including phenoxy) is 1. The van der Waals surface area contributed by atoms with Crippen molar-refractivity contribution in [3.8, 4) is 0 Å². The van der Waals surface area contributed by atoms with E-state index in [0.717, 1.165) is 6.26 Å². The second kappa shape index (κ2) is 6.84. The van der Waals surface area contributed by atoms with Crippen molar-refractivity contribution in [2.45, 2.75) is 11.8 Å². The van der Waals surface area contributed by atoms with Gasteiger partial charge in [-0.15, -0.1) is 0 Å². The smallest absolute Gasteiger partial charge is 0.339 e. The summed E-state index contributed by atoms with van der Waals surface area (Å²) < 4.78 is 28.0. The van der Waals surface area contributed by atoms with E-state index in [4.69, 9.17) is 0 Å². The highest BCUT2D eigenvalue weighted by atomic mass is 32.2. The molecule has 1 amide bonds. The van der Waals surface area contributed by atoms with Gasteiger partial charge in [0.1, 0.15) is 0 Å². The van der Waals surface area contributed by atoms with Gasteiger partial charge in [0.05, 0.1) is 23.3 Å². The first kappa shape index (κ1) is 17.7. The molecule has 2 rings (SSSR count). The Bertz CT molecular complexity index is 903. The first-order valence-corrected chi connectivity index (χ1v) is 8.92. The van der Waals surface area contributed by atoms with Gasteiger partial charge in [-0.05, 0) is 36.8 Å². The number of methoxy groups -OCH3 is 1. The molecule has 0 unspecified atom stereocenters. The molecule has 0 aromatic heterocycles. The minimum atomic E-state index is -3.43. The topological polar surface area (TPSA) is 89.5 Å². The fourth-order valence-corrected chi connectivity index (χ4v) is 2.79. The van der Waals surface area contributed by atoms with E-state index in [-0.39, 0.29) is 16.0 Å². The van der Waals surface area contributed by atoms with Crippen LogP contribution in [0.1, 0.15) is 26.3 Å². The summed E-state index contributed by atoms with van der Waals surface area (Å²) in [6.45, 7) is 1.70. The van der Waals surface area contributed by atoms with E-state index in [1.807, 2.05) is 0 Å². The lowest BCUT2D eigenvalue weighted by atomic mass is 10.1. The van der Waals surface area contributed by atoms with E-state index < -0.39 is 21.7 Å². The predicted molar refractivity (Wildman–Crippen MR) is 90.0 cm³/mol. The molecule has 0 aliphatic carbocycles. The largest absolute Gasteiger partial charge is 0.465 e. The number of rotatable bonds is 4. The Morgan fingerprint density at radius 1 is 1.04 bits per heavy atom. The highest BCUT2D eigenvalue weighted by molar-refractivity contribution is 7.90. The van der Waals surface area contributed by atoms with Gasteiger partial charge in [-0.2, -0.15) is 0 Å². The zero-order chi connectivity index (χ0) is 17.9. The van der Waals surface area contributed by atoms with Crippen LogP contribution in [0.4, 0.5) is 5.69 Å². The fraction of sp³-hybridized carbons (Fsp3) is 0.176. The first-order chi connectivity index (χ1) is 11.2. The molecule has 1 N–H and O–H groups in total. The number of aryl methyl sites for hydroxylation is 1. The van der Waals surface area contributed by atoms with Gasteiger partial charge in [-0.1, -0.05) is 18.2 Å². The van der Waals surface area contributed by atoms with Crippen molar-refractivity contribution in [1.82, 2.24) is 0 Å². The molecule has 7 heteroatoms. The van der Waals surface area contributed by atoms with Crippen LogP contribution in [-0.2, 0) is 14.6 Å². The molecule has 24 heavy (non-hydrogen) atoms. The maximum atomic E-state index is 12.5.